The van der Waals surface area contributed by atoms with E-state index in [1.54, 1.807) is 35.8 Å². The van der Waals surface area contributed by atoms with Crippen LogP contribution >= 0.6 is 0 Å². The van der Waals surface area contributed by atoms with E-state index < -0.39 is 11.5 Å². The predicted molar refractivity (Wildman–Crippen MR) is 95.5 cm³/mol. The molecule has 1 atom stereocenters. The van der Waals surface area contributed by atoms with Crippen molar-refractivity contribution in [3.05, 3.63) is 58.0 Å². The molecule has 1 aliphatic rings. The normalized spacial score (nSPS) is 17.3. The van der Waals surface area contributed by atoms with Gasteiger partial charge in [-0.25, -0.2) is 14.3 Å². The molecule has 3 aromatic rings. The average Bonchev–Trinajstić information content (AvgIpc) is 3.09. The van der Waals surface area contributed by atoms with Crippen LogP contribution in [-0.4, -0.2) is 33.6 Å². The summed E-state index contributed by atoms with van der Waals surface area (Å²) in [6, 6.07) is 5.24. The van der Waals surface area contributed by atoms with Gasteiger partial charge in [-0.05, 0) is 50.1 Å². The highest BCUT2D eigenvalue weighted by Gasteiger charge is 2.22. The lowest BCUT2D eigenvalue weighted by molar-refractivity contribution is 0.102. The number of aryl methyl sites for hydroxylation is 1. The van der Waals surface area contributed by atoms with E-state index in [9.17, 15) is 9.59 Å². The third kappa shape index (κ3) is 3.11. The molecule has 3 aromatic heterocycles. The molecule has 1 amide bonds. The van der Waals surface area contributed by atoms with Gasteiger partial charge in [0.25, 0.3) is 5.91 Å². The number of hydrogen-bond acceptors (Lipinski definition) is 6. The Morgan fingerprint density at radius 1 is 1.42 bits per heavy atom. The lowest BCUT2D eigenvalue weighted by Crippen LogP contribution is -2.30. The van der Waals surface area contributed by atoms with Gasteiger partial charge in [-0.15, -0.1) is 0 Å². The van der Waals surface area contributed by atoms with Gasteiger partial charge >= 0.3 is 5.63 Å². The van der Waals surface area contributed by atoms with Crippen molar-refractivity contribution >= 4 is 17.2 Å². The fourth-order valence-electron chi connectivity index (χ4n) is 3.29. The summed E-state index contributed by atoms with van der Waals surface area (Å²) in [6.07, 6.45) is 5.08. The molecule has 0 aromatic carbocycles. The molecule has 0 bridgehead atoms. The molecule has 1 unspecified atom stereocenters. The highest BCUT2D eigenvalue weighted by atomic mass is 16.4. The van der Waals surface area contributed by atoms with E-state index in [-0.39, 0.29) is 11.5 Å². The van der Waals surface area contributed by atoms with Crippen LogP contribution in [0.4, 0.5) is 5.69 Å². The van der Waals surface area contributed by atoms with Crippen LogP contribution in [0.5, 0.6) is 0 Å². The van der Waals surface area contributed by atoms with Crippen molar-refractivity contribution in [2.45, 2.75) is 25.7 Å². The number of amides is 1. The molecule has 8 heteroatoms. The van der Waals surface area contributed by atoms with Gasteiger partial charge in [-0.1, -0.05) is 0 Å². The quantitative estimate of drug-likeness (QED) is 0.743. The minimum Gasteiger partial charge on any atom is -0.427 e. The Bertz CT molecular complexity index is 1020. The highest BCUT2D eigenvalue weighted by molar-refractivity contribution is 6.04. The number of anilines is 1. The van der Waals surface area contributed by atoms with E-state index in [2.05, 4.69) is 20.7 Å². The second-order valence-corrected chi connectivity index (χ2v) is 6.47. The molecule has 0 aliphatic carbocycles. The Labute approximate surface area is 149 Å². The van der Waals surface area contributed by atoms with Crippen molar-refractivity contribution in [3.63, 3.8) is 0 Å². The molecule has 4 heterocycles. The molecule has 4 rings (SSSR count). The third-order valence-corrected chi connectivity index (χ3v) is 4.63. The van der Waals surface area contributed by atoms with Gasteiger partial charge in [0.1, 0.15) is 17.7 Å². The number of rotatable bonds is 3. The van der Waals surface area contributed by atoms with Crippen molar-refractivity contribution < 1.29 is 9.21 Å². The fourth-order valence-corrected chi connectivity index (χ4v) is 3.29. The summed E-state index contributed by atoms with van der Waals surface area (Å²) in [5.74, 6) is 0.311. The number of piperidine rings is 1. The molecule has 1 aliphatic heterocycles. The first-order valence-electron chi connectivity index (χ1n) is 8.58. The number of nitrogens with one attached hydrogen (secondary N) is 2. The molecular weight excluding hydrogens is 334 g/mol. The van der Waals surface area contributed by atoms with Crippen LogP contribution in [-0.2, 0) is 0 Å². The molecule has 0 saturated carbocycles. The highest BCUT2D eigenvalue weighted by Crippen LogP contribution is 2.23. The maximum atomic E-state index is 12.6. The van der Waals surface area contributed by atoms with Gasteiger partial charge in [-0.3, -0.25) is 4.79 Å². The van der Waals surface area contributed by atoms with Crippen molar-refractivity contribution in [3.8, 4) is 0 Å². The molecule has 8 nitrogen and oxygen atoms in total. The first-order chi connectivity index (χ1) is 12.6. The number of nitrogens with zero attached hydrogens (tertiary/aromatic N) is 3. The van der Waals surface area contributed by atoms with Gasteiger partial charge in [0.15, 0.2) is 5.65 Å². The van der Waals surface area contributed by atoms with Crippen LogP contribution in [0.25, 0.3) is 5.65 Å². The van der Waals surface area contributed by atoms with E-state index in [1.807, 2.05) is 0 Å². The van der Waals surface area contributed by atoms with E-state index >= 15 is 0 Å². The largest absolute Gasteiger partial charge is 0.427 e. The van der Waals surface area contributed by atoms with Crippen molar-refractivity contribution in [2.24, 2.45) is 0 Å². The third-order valence-electron chi connectivity index (χ3n) is 4.63. The molecule has 1 fully saturated rings. The van der Waals surface area contributed by atoms with Gasteiger partial charge in [0.2, 0.25) is 0 Å². The molecule has 26 heavy (non-hydrogen) atoms. The Kier molecular flexibility index (Phi) is 4.26. The molecule has 0 radical (unpaired) electrons. The van der Waals surface area contributed by atoms with Crippen LogP contribution in [0, 0.1) is 6.92 Å². The summed E-state index contributed by atoms with van der Waals surface area (Å²) in [4.78, 5) is 29.1. The minimum absolute atomic E-state index is 0.0243. The Morgan fingerprint density at radius 2 is 2.31 bits per heavy atom. The lowest BCUT2D eigenvalue weighted by Gasteiger charge is -2.22. The van der Waals surface area contributed by atoms with Gasteiger partial charge in [-0.2, -0.15) is 5.10 Å². The van der Waals surface area contributed by atoms with E-state index in [1.165, 1.54) is 6.33 Å². The van der Waals surface area contributed by atoms with Crippen LogP contribution in [0.2, 0.25) is 0 Å². The second kappa shape index (κ2) is 6.72. The predicted octanol–water partition coefficient (Wildman–Crippen LogP) is 1.71. The summed E-state index contributed by atoms with van der Waals surface area (Å²) in [6.45, 7) is 3.52. The Hall–Kier alpha value is -3.00. The van der Waals surface area contributed by atoms with E-state index in [0.717, 1.165) is 25.9 Å². The molecule has 2 N–H and O–H groups in total. The van der Waals surface area contributed by atoms with Gasteiger partial charge in [0, 0.05) is 12.5 Å². The second-order valence-electron chi connectivity index (χ2n) is 6.47. The van der Waals surface area contributed by atoms with Gasteiger partial charge in [0.05, 0.1) is 11.9 Å². The summed E-state index contributed by atoms with van der Waals surface area (Å²) >= 11 is 0. The maximum Gasteiger partial charge on any atom is 0.349 e. The summed E-state index contributed by atoms with van der Waals surface area (Å²) in [7, 11) is 0. The molecule has 0 spiro atoms. The first kappa shape index (κ1) is 16.5. The van der Waals surface area contributed by atoms with Crippen molar-refractivity contribution in [1.29, 1.82) is 0 Å². The average molecular weight is 353 g/mol. The fraction of sp³-hybridized carbons (Fsp3) is 0.333. The molecule has 1 saturated heterocycles. The Balaban J connectivity index is 1.59. The maximum absolute atomic E-state index is 12.6. The number of aromatic nitrogens is 3. The number of hydrogen-bond donors (Lipinski definition) is 2. The molecule has 134 valence electrons. The zero-order valence-electron chi connectivity index (χ0n) is 14.4. The monoisotopic (exact) mass is 353 g/mol. The number of carbonyl (C=O) groups excluding carboxylic acids is 1. The number of carbonyl (C=O) groups is 1. The SMILES string of the molecule is Cc1cc(C2CCCNC2)oc(=O)c1C(=O)Nc1ccc2ncnn2c1. The minimum atomic E-state index is -0.607. The lowest BCUT2D eigenvalue weighted by atomic mass is 9.95. The van der Waals surface area contributed by atoms with Crippen LogP contribution in [0.15, 0.2) is 39.9 Å². The summed E-state index contributed by atoms with van der Waals surface area (Å²) in [5, 5.41) is 10.0. The zero-order valence-corrected chi connectivity index (χ0v) is 14.4. The summed E-state index contributed by atoms with van der Waals surface area (Å²) < 4.78 is 7.01. The zero-order chi connectivity index (χ0) is 18.1. The van der Waals surface area contributed by atoms with Crippen LogP contribution in [0.1, 0.15) is 40.4 Å². The smallest absolute Gasteiger partial charge is 0.349 e. The van der Waals surface area contributed by atoms with Crippen LogP contribution < -0.4 is 16.3 Å². The van der Waals surface area contributed by atoms with Crippen LogP contribution in [0.3, 0.4) is 0 Å². The number of pyridine rings is 1. The number of fused-ring (bicyclic) bond motifs is 1. The Morgan fingerprint density at radius 3 is 3.08 bits per heavy atom. The molecular formula is C18H19N5O3. The first-order valence-corrected chi connectivity index (χ1v) is 8.58. The van der Waals surface area contributed by atoms with Gasteiger partial charge < -0.3 is 15.1 Å². The van der Waals surface area contributed by atoms with Crippen molar-refractivity contribution in [1.82, 2.24) is 19.9 Å². The van der Waals surface area contributed by atoms with Crippen molar-refractivity contribution in [2.75, 3.05) is 18.4 Å². The topological polar surface area (TPSA) is 102 Å². The van der Waals surface area contributed by atoms with E-state index in [0.29, 0.717) is 22.7 Å². The standard InChI is InChI=1S/C18H19N5O3/c1-11-7-14(12-3-2-6-19-8-12)26-18(25)16(11)17(24)22-13-4-5-15-20-10-21-23(15)9-13/h4-5,7,9-10,12,19H,2-3,6,8H2,1H3,(H,22,24). The summed E-state index contributed by atoms with van der Waals surface area (Å²) in [5.41, 5.74) is 1.22. The van der Waals surface area contributed by atoms with E-state index in [4.69, 9.17) is 4.42 Å².